The quantitative estimate of drug-likeness (QED) is 0.754. The summed E-state index contributed by atoms with van der Waals surface area (Å²) >= 11 is 0. The van der Waals surface area contributed by atoms with E-state index in [1.165, 1.54) is 7.11 Å². The van der Waals surface area contributed by atoms with E-state index in [0.29, 0.717) is 25.9 Å². The normalized spacial score (nSPS) is 17.6. The first-order chi connectivity index (χ1) is 13.4. The largest absolute Gasteiger partial charge is 0.396 e. The number of halogens is 3. The van der Waals surface area contributed by atoms with Gasteiger partial charge < -0.3 is 14.2 Å². The second kappa shape index (κ2) is 7.39. The van der Waals surface area contributed by atoms with Gasteiger partial charge >= 0.3 is 6.18 Å². The fourth-order valence-electron chi connectivity index (χ4n) is 3.12. The SMILES string of the molecule is COC1(c2nc(CC(F)(F)F)no2)CCN(C(=O)c2cn(C(C)(C)C)nn2)CC1. The molecule has 1 amide bonds. The van der Waals surface area contributed by atoms with Crippen molar-refractivity contribution in [3.8, 4) is 0 Å². The Balaban J connectivity index is 1.69. The van der Waals surface area contributed by atoms with Gasteiger partial charge in [-0.15, -0.1) is 5.10 Å². The molecule has 2 aromatic rings. The van der Waals surface area contributed by atoms with Crippen LogP contribution in [0.4, 0.5) is 13.2 Å². The Morgan fingerprint density at radius 1 is 1.28 bits per heavy atom. The minimum atomic E-state index is -4.43. The summed E-state index contributed by atoms with van der Waals surface area (Å²) in [6.07, 6.45) is -3.50. The molecule has 0 saturated carbocycles. The molecule has 0 bridgehead atoms. The number of amides is 1. The Bertz CT molecular complexity index is 862. The van der Waals surface area contributed by atoms with Crippen molar-refractivity contribution in [3.63, 3.8) is 0 Å². The highest BCUT2D eigenvalue weighted by Gasteiger charge is 2.43. The van der Waals surface area contributed by atoms with Crippen LogP contribution in [-0.2, 0) is 22.3 Å². The summed E-state index contributed by atoms with van der Waals surface area (Å²) in [6, 6.07) is 0. The molecule has 1 aliphatic rings. The molecule has 0 atom stereocenters. The maximum atomic E-state index is 12.7. The standard InChI is InChI=1S/C17H23F3N6O3/c1-15(2,3)26-10-11(22-24-26)13(27)25-7-5-16(28-4,6-8-25)14-21-12(23-29-14)9-17(18,19)20/h10H,5-9H2,1-4H3. The number of hydrogen-bond acceptors (Lipinski definition) is 7. The number of rotatable bonds is 4. The monoisotopic (exact) mass is 416 g/mol. The van der Waals surface area contributed by atoms with Crippen LogP contribution in [-0.4, -0.2) is 62.3 Å². The fourth-order valence-corrected chi connectivity index (χ4v) is 3.12. The number of alkyl halides is 3. The molecule has 1 saturated heterocycles. The van der Waals surface area contributed by atoms with Gasteiger partial charge in [-0.3, -0.25) is 4.79 Å². The molecule has 2 aromatic heterocycles. The summed E-state index contributed by atoms with van der Waals surface area (Å²) in [5.41, 5.74) is -1.10. The molecule has 0 spiro atoms. The van der Waals surface area contributed by atoms with Crippen molar-refractivity contribution in [1.82, 2.24) is 30.0 Å². The van der Waals surface area contributed by atoms with Crippen LogP contribution in [0.2, 0.25) is 0 Å². The lowest BCUT2D eigenvalue weighted by Gasteiger charge is -2.37. The molecule has 0 unspecified atom stereocenters. The molecular formula is C17H23F3N6O3. The van der Waals surface area contributed by atoms with Crippen LogP contribution in [0, 0.1) is 0 Å². The molecule has 0 aliphatic carbocycles. The number of piperidine rings is 1. The van der Waals surface area contributed by atoms with Crippen LogP contribution < -0.4 is 0 Å². The van der Waals surface area contributed by atoms with Crippen molar-refractivity contribution in [1.29, 1.82) is 0 Å². The van der Waals surface area contributed by atoms with Gasteiger partial charge in [-0.25, -0.2) is 4.68 Å². The van der Waals surface area contributed by atoms with Gasteiger partial charge in [0, 0.05) is 33.0 Å². The highest BCUT2D eigenvalue weighted by atomic mass is 19.4. The molecule has 3 rings (SSSR count). The van der Waals surface area contributed by atoms with Gasteiger partial charge in [0.15, 0.2) is 11.5 Å². The topological polar surface area (TPSA) is 99.2 Å². The molecule has 0 N–H and O–H groups in total. The summed E-state index contributed by atoms with van der Waals surface area (Å²) in [4.78, 5) is 18.2. The lowest BCUT2D eigenvalue weighted by molar-refractivity contribution is -0.128. The molecule has 9 nitrogen and oxygen atoms in total. The number of ether oxygens (including phenoxy) is 1. The molecule has 1 aliphatic heterocycles. The average molecular weight is 416 g/mol. The van der Waals surface area contributed by atoms with Crippen LogP contribution in [0.5, 0.6) is 0 Å². The fraction of sp³-hybridized carbons (Fsp3) is 0.706. The van der Waals surface area contributed by atoms with Gasteiger partial charge in [-0.2, -0.15) is 18.2 Å². The average Bonchev–Trinajstić information content (AvgIpc) is 3.29. The van der Waals surface area contributed by atoms with Crippen molar-refractivity contribution in [2.45, 2.75) is 57.3 Å². The van der Waals surface area contributed by atoms with Gasteiger partial charge in [0.25, 0.3) is 11.8 Å². The Labute approximate surface area is 165 Å². The summed E-state index contributed by atoms with van der Waals surface area (Å²) in [6.45, 7) is 6.43. The van der Waals surface area contributed by atoms with Gasteiger partial charge in [-0.1, -0.05) is 10.4 Å². The zero-order valence-electron chi connectivity index (χ0n) is 16.7. The summed E-state index contributed by atoms with van der Waals surface area (Å²) in [5.74, 6) is -0.722. The van der Waals surface area contributed by atoms with Gasteiger partial charge in [0.1, 0.15) is 12.0 Å². The van der Waals surface area contributed by atoms with E-state index in [0.717, 1.165) is 0 Å². The third kappa shape index (κ3) is 4.57. The van der Waals surface area contributed by atoms with Crippen molar-refractivity contribution in [2.75, 3.05) is 20.2 Å². The summed E-state index contributed by atoms with van der Waals surface area (Å²) in [7, 11) is 1.43. The Morgan fingerprint density at radius 2 is 1.93 bits per heavy atom. The van der Waals surface area contributed by atoms with Crippen molar-refractivity contribution in [3.05, 3.63) is 23.6 Å². The molecular weight excluding hydrogens is 393 g/mol. The Kier molecular flexibility index (Phi) is 5.41. The highest BCUT2D eigenvalue weighted by Crippen LogP contribution is 2.36. The smallest absolute Gasteiger partial charge is 0.368 e. The number of carbonyl (C=O) groups is 1. The van der Waals surface area contributed by atoms with E-state index in [-0.39, 0.29) is 23.0 Å². The lowest BCUT2D eigenvalue weighted by Crippen LogP contribution is -2.46. The van der Waals surface area contributed by atoms with Gasteiger partial charge in [0.2, 0.25) is 0 Å². The Hall–Kier alpha value is -2.50. The maximum absolute atomic E-state index is 12.7. The van der Waals surface area contributed by atoms with Crippen LogP contribution in [0.15, 0.2) is 10.7 Å². The third-order valence-corrected chi connectivity index (χ3v) is 4.87. The molecule has 0 radical (unpaired) electrons. The number of nitrogens with zero attached hydrogens (tertiary/aromatic N) is 6. The number of methoxy groups -OCH3 is 1. The lowest BCUT2D eigenvalue weighted by atomic mass is 9.90. The summed E-state index contributed by atoms with van der Waals surface area (Å²) in [5, 5.41) is 11.4. The molecule has 160 valence electrons. The molecule has 12 heteroatoms. The number of hydrogen-bond donors (Lipinski definition) is 0. The van der Waals surface area contributed by atoms with Crippen LogP contribution in [0.3, 0.4) is 0 Å². The molecule has 3 heterocycles. The van der Waals surface area contributed by atoms with Gasteiger partial charge in [0.05, 0.1) is 11.7 Å². The zero-order chi connectivity index (χ0) is 21.4. The maximum Gasteiger partial charge on any atom is 0.396 e. The van der Waals surface area contributed by atoms with Crippen LogP contribution in [0.1, 0.15) is 55.8 Å². The van der Waals surface area contributed by atoms with Gasteiger partial charge in [-0.05, 0) is 20.8 Å². The first kappa shape index (κ1) is 21.2. The van der Waals surface area contributed by atoms with Crippen molar-refractivity contribution >= 4 is 5.91 Å². The zero-order valence-corrected chi connectivity index (χ0v) is 16.7. The predicted molar refractivity (Wildman–Crippen MR) is 92.9 cm³/mol. The third-order valence-electron chi connectivity index (χ3n) is 4.87. The van der Waals surface area contributed by atoms with E-state index in [2.05, 4.69) is 20.5 Å². The van der Waals surface area contributed by atoms with Crippen molar-refractivity contribution < 1.29 is 27.2 Å². The molecule has 0 aromatic carbocycles. The van der Waals surface area contributed by atoms with Crippen LogP contribution in [0.25, 0.3) is 0 Å². The van der Waals surface area contributed by atoms with E-state index in [1.54, 1.807) is 15.8 Å². The van der Waals surface area contributed by atoms with E-state index in [1.807, 2.05) is 20.8 Å². The number of carbonyl (C=O) groups excluding carboxylic acids is 1. The minimum Gasteiger partial charge on any atom is -0.368 e. The van der Waals surface area contributed by atoms with E-state index in [4.69, 9.17) is 9.26 Å². The molecule has 1 fully saturated rings. The number of likely N-dealkylation sites (tertiary alicyclic amines) is 1. The Morgan fingerprint density at radius 3 is 2.45 bits per heavy atom. The highest BCUT2D eigenvalue weighted by molar-refractivity contribution is 5.92. The summed E-state index contributed by atoms with van der Waals surface area (Å²) < 4.78 is 49.8. The first-order valence-corrected chi connectivity index (χ1v) is 9.11. The van der Waals surface area contributed by atoms with Crippen LogP contribution >= 0.6 is 0 Å². The van der Waals surface area contributed by atoms with E-state index < -0.39 is 24.0 Å². The second-order valence-corrected chi connectivity index (χ2v) is 8.02. The molecule has 29 heavy (non-hydrogen) atoms. The van der Waals surface area contributed by atoms with E-state index >= 15 is 0 Å². The van der Waals surface area contributed by atoms with E-state index in [9.17, 15) is 18.0 Å². The minimum absolute atomic E-state index is 0.00924. The number of aromatic nitrogens is 5. The second-order valence-electron chi connectivity index (χ2n) is 8.02. The first-order valence-electron chi connectivity index (χ1n) is 9.11. The predicted octanol–water partition coefficient (Wildman–Crippen LogP) is 2.30. The van der Waals surface area contributed by atoms with Crippen molar-refractivity contribution in [2.24, 2.45) is 0 Å².